The minimum atomic E-state index is 0.0156. The molecule has 0 N–H and O–H groups in total. The molecule has 0 spiro atoms. The van der Waals surface area contributed by atoms with Crippen molar-refractivity contribution in [2.45, 2.75) is 12.3 Å². The first kappa shape index (κ1) is 29.4. The van der Waals surface area contributed by atoms with Gasteiger partial charge in [-0.05, 0) is 98.3 Å². The monoisotopic (exact) mass is 651 g/mol. The first-order valence-electron chi connectivity index (χ1n) is 17.7. The largest absolute Gasteiger partial charge is 0.275 e. The minimum Gasteiger partial charge on any atom is -0.275 e. The number of hydrogen-bond acceptors (Lipinski definition) is 1. The van der Waals surface area contributed by atoms with Crippen molar-refractivity contribution >= 4 is 38.0 Å². The summed E-state index contributed by atoms with van der Waals surface area (Å²) >= 11 is 0. The second-order valence-corrected chi connectivity index (χ2v) is 13.6. The van der Waals surface area contributed by atoms with Crippen LogP contribution in [0.15, 0.2) is 187 Å². The highest BCUT2D eigenvalue weighted by atomic mass is 16.1. The van der Waals surface area contributed by atoms with E-state index in [2.05, 4.69) is 170 Å². The summed E-state index contributed by atoms with van der Waals surface area (Å²) < 4.78 is 1.96. The highest BCUT2D eigenvalue weighted by Crippen LogP contribution is 2.43. The van der Waals surface area contributed by atoms with Gasteiger partial charge >= 0.3 is 0 Å². The van der Waals surface area contributed by atoms with Crippen molar-refractivity contribution in [2.24, 2.45) is 0 Å². The molecule has 0 radical (unpaired) electrons. The Hall–Kier alpha value is -6.51. The van der Waals surface area contributed by atoms with Crippen LogP contribution in [0.1, 0.15) is 17.9 Å². The Morgan fingerprint density at radius 3 is 1.80 bits per heavy atom. The molecule has 0 aliphatic heterocycles. The van der Waals surface area contributed by atoms with Gasteiger partial charge < -0.3 is 0 Å². The summed E-state index contributed by atoms with van der Waals surface area (Å²) in [7, 11) is 0. The van der Waals surface area contributed by atoms with Gasteiger partial charge in [0, 0.05) is 27.5 Å². The van der Waals surface area contributed by atoms with Gasteiger partial charge in [0.05, 0.1) is 11.0 Å². The topological polar surface area (TPSA) is 21.5 Å². The van der Waals surface area contributed by atoms with Gasteiger partial charge in [-0.2, -0.15) is 0 Å². The summed E-state index contributed by atoms with van der Waals surface area (Å²) in [4.78, 5) is 14.6. The lowest BCUT2D eigenvalue weighted by Crippen LogP contribution is -2.13. The van der Waals surface area contributed by atoms with Gasteiger partial charge in [-0.15, -0.1) is 0 Å². The maximum Gasteiger partial charge on any atom is 0.263 e. The summed E-state index contributed by atoms with van der Waals surface area (Å²) in [5.74, 6) is 0.305. The van der Waals surface area contributed by atoms with Crippen LogP contribution in [0.5, 0.6) is 0 Å². The molecule has 0 bridgehead atoms. The molecular weight excluding hydrogens is 619 g/mol. The Balaban J connectivity index is 1.30. The Labute approximate surface area is 296 Å². The third kappa shape index (κ3) is 4.75. The van der Waals surface area contributed by atoms with E-state index in [1.807, 2.05) is 16.5 Å². The molecule has 1 unspecified atom stereocenters. The number of rotatable bonds is 5. The summed E-state index contributed by atoms with van der Waals surface area (Å²) in [6, 6.07) is 56.0. The van der Waals surface area contributed by atoms with Gasteiger partial charge in [0.25, 0.3) is 5.56 Å². The van der Waals surface area contributed by atoms with Gasteiger partial charge in [0.2, 0.25) is 0 Å². The standard InChI is InChI=1S/C49H33NO/c51-49-42-26-24-35(32-14-4-1-5-15-32)28-43(42)45-30-37(41-23-13-11-21-39(41)34-18-8-3-9-19-34)31-46-44-29-36(25-27-47(44)50(49)48(45)46)40-22-12-10-20-38(40)33-16-6-2-7-17-33/h1-18,20-31,34H,19H2. The molecule has 7 aromatic carbocycles. The zero-order valence-electron chi connectivity index (χ0n) is 28.0. The third-order valence-electron chi connectivity index (χ3n) is 10.7. The maximum absolute atomic E-state index is 14.6. The second-order valence-electron chi connectivity index (χ2n) is 13.6. The number of pyridine rings is 1. The number of nitrogens with zero attached hydrogens (tertiary/aromatic N) is 1. The summed E-state index contributed by atoms with van der Waals surface area (Å²) in [5, 5.41) is 4.97. The molecule has 1 aliphatic carbocycles. The van der Waals surface area contributed by atoms with Gasteiger partial charge in [0.15, 0.2) is 0 Å². The van der Waals surface area contributed by atoms with Gasteiger partial charge in [0.1, 0.15) is 0 Å². The Morgan fingerprint density at radius 1 is 0.451 bits per heavy atom. The molecule has 9 aromatic rings. The van der Waals surface area contributed by atoms with Crippen molar-refractivity contribution in [3.63, 3.8) is 0 Å². The van der Waals surface area contributed by atoms with Gasteiger partial charge in [-0.1, -0.05) is 146 Å². The quantitative estimate of drug-likeness (QED) is 0.170. The average Bonchev–Trinajstić information content (AvgIpc) is 3.54. The molecule has 2 aromatic heterocycles. The van der Waals surface area contributed by atoms with Gasteiger partial charge in [-0.25, -0.2) is 0 Å². The number of allylic oxidation sites excluding steroid dienone is 4. The van der Waals surface area contributed by atoms with Crippen LogP contribution < -0.4 is 5.56 Å². The minimum absolute atomic E-state index is 0.0156. The number of hydrogen-bond donors (Lipinski definition) is 0. The van der Waals surface area contributed by atoms with Crippen molar-refractivity contribution in [3.8, 4) is 44.5 Å². The van der Waals surface area contributed by atoms with E-state index in [4.69, 9.17) is 0 Å². The Morgan fingerprint density at radius 2 is 1.06 bits per heavy atom. The molecule has 51 heavy (non-hydrogen) atoms. The number of aromatic nitrogens is 1. The van der Waals surface area contributed by atoms with E-state index in [0.717, 1.165) is 66.6 Å². The molecule has 1 aliphatic rings. The lowest BCUT2D eigenvalue weighted by Gasteiger charge is -2.19. The average molecular weight is 652 g/mol. The SMILES string of the molecule is O=c1c2ccc(-c3ccccc3)cc2c2cc(-c3ccccc3C3C=CC=CC3)cc3c4cc(-c5ccccc5-c5ccccc5)ccc4n1c23. The Kier molecular flexibility index (Phi) is 6.82. The van der Waals surface area contributed by atoms with E-state index in [0.29, 0.717) is 5.92 Å². The van der Waals surface area contributed by atoms with Crippen molar-refractivity contribution in [3.05, 3.63) is 198 Å². The molecule has 2 nitrogen and oxygen atoms in total. The van der Waals surface area contributed by atoms with Crippen LogP contribution in [0.25, 0.3) is 82.5 Å². The molecule has 0 fully saturated rings. The molecule has 1 atom stereocenters. The molecule has 10 rings (SSSR count). The van der Waals surface area contributed by atoms with Crippen LogP contribution in [0.4, 0.5) is 0 Å². The summed E-state index contributed by atoms with van der Waals surface area (Å²) in [5.41, 5.74) is 12.5. The van der Waals surface area contributed by atoms with E-state index in [-0.39, 0.29) is 5.56 Å². The van der Waals surface area contributed by atoms with Crippen LogP contribution in [-0.2, 0) is 0 Å². The fourth-order valence-electron chi connectivity index (χ4n) is 8.27. The van der Waals surface area contributed by atoms with Gasteiger partial charge in [-0.3, -0.25) is 9.20 Å². The zero-order chi connectivity index (χ0) is 33.9. The third-order valence-corrected chi connectivity index (χ3v) is 10.7. The molecule has 240 valence electrons. The van der Waals surface area contributed by atoms with Crippen LogP contribution in [0, 0.1) is 0 Å². The predicted molar refractivity (Wildman–Crippen MR) is 215 cm³/mol. The van der Waals surface area contributed by atoms with Crippen molar-refractivity contribution in [1.29, 1.82) is 0 Å². The number of fused-ring (bicyclic) bond motifs is 5. The van der Waals surface area contributed by atoms with Crippen molar-refractivity contribution in [1.82, 2.24) is 4.40 Å². The van der Waals surface area contributed by atoms with E-state index in [1.54, 1.807) is 0 Å². The maximum atomic E-state index is 14.6. The fraction of sp³-hybridized carbons (Fsp3) is 0.0408. The van der Waals surface area contributed by atoms with Crippen molar-refractivity contribution in [2.75, 3.05) is 0 Å². The lowest BCUT2D eigenvalue weighted by atomic mass is 9.86. The lowest BCUT2D eigenvalue weighted by molar-refractivity contribution is 0.856. The first-order chi connectivity index (χ1) is 25.2. The smallest absolute Gasteiger partial charge is 0.263 e. The highest BCUT2D eigenvalue weighted by molar-refractivity contribution is 6.22. The molecule has 0 saturated heterocycles. The fourth-order valence-corrected chi connectivity index (χ4v) is 8.27. The molecule has 2 heteroatoms. The van der Waals surface area contributed by atoms with E-state index in [9.17, 15) is 4.79 Å². The molecule has 2 heterocycles. The van der Waals surface area contributed by atoms with E-state index in [1.165, 1.54) is 27.8 Å². The normalized spacial score (nSPS) is 14.3. The van der Waals surface area contributed by atoms with Crippen LogP contribution in [-0.4, -0.2) is 4.40 Å². The van der Waals surface area contributed by atoms with Crippen LogP contribution >= 0.6 is 0 Å². The predicted octanol–water partition coefficient (Wildman–Crippen LogP) is 12.5. The van der Waals surface area contributed by atoms with E-state index < -0.39 is 0 Å². The highest BCUT2D eigenvalue weighted by Gasteiger charge is 2.22. The summed E-state index contributed by atoms with van der Waals surface area (Å²) in [6.07, 6.45) is 9.83. The second kappa shape index (κ2) is 11.8. The van der Waals surface area contributed by atoms with E-state index >= 15 is 0 Å². The van der Waals surface area contributed by atoms with Crippen LogP contribution in [0.3, 0.4) is 0 Å². The Bertz CT molecular complexity index is 2900. The first-order valence-corrected chi connectivity index (χ1v) is 17.7. The van der Waals surface area contributed by atoms with Crippen LogP contribution in [0.2, 0.25) is 0 Å². The molecular formula is C49H33NO. The number of benzene rings is 7. The summed E-state index contributed by atoms with van der Waals surface area (Å²) in [6.45, 7) is 0. The zero-order valence-corrected chi connectivity index (χ0v) is 28.0. The van der Waals surface area contributed by atoms with Crippen molar-refractivity contribution < 1.29 is 0 Å². The molecule has 0 amide bonds. The molecule has 0 saturated carbocycles.